The number of hydrogen-bond acceptors (Lipinski definition) is 3. The molecule has 2 rings (SSSR count). The van der Waals surface area contributed by atoms with Crippen LogP contribution in [0.3, 0.4) is 0 Å². The Kier molecular flexibility index (Phi) is 3.14. The van der Waals surface area contributed by atoms with Gasteiger partial charge in [-0.25, -0.2) is 0 Å². The molecule has 0 atom stereocenters. The highest BCUT2D eigenvalue weighted by molar-refractivity contribution is 6.04. The van der Waals surface area contributed by atoms with Crippen LogP contribution in [0.5, 0.6) is 5.75 Å². The van der Waals surface area contributed by atoms with Crippen LogP contribution in [0.2, 0.25) is 0 Å². The van der Waals surface area contributed by atoms with E-state index in [1.807, 2.05) is 6.92 Å². The van der Waals surface area contributed by atoms with E-state index in [1.54, 1.807) is 41.3 Å². The fourth-order valence-electron chi connectivity index (χ4n) is 1.64. The van der Waals surface area contributed by atoms with Crippen LogP contribution in [0.25, 0.3) is 0 Å². The average Bonchev–Trinajstić information content (AvgIpc) is 2.83. The highest BCUT2D eigenvalue weighted by Gasteiger charge is 2.18. The molecule has 2 aromatic rings. The molecule has 1 aromatic heterocycles. The van der Waals surface area contributed by atoms with Crippen molar-refractivity contribution in [2.75, 3.05) is 11.4 Å². The van der Waals surface area contributed by atoms with Crippen molar-refractivity contribution in [3.05, 3.63) is 48.4 Å². The van der Waals surface area contributed by atoms with Crippen LogP contribution in [0.15, 0.2) is 47.1 Å². The summed E-state index contributed by atoms with van der Waals surface area (Å²) in [5.41, 5.74) is 0.647. The first-order valence-electron chi connectivity index (χ1n) is 5.36. The van der Waals surface area contributed by atoms with Crippen molar-refractivity contribution in [1.29, 1.82) is 0 Å². The van der Waals surface area contributed by atoms with E-state index in [0.717, 1.165) is 0 Å². The fraction of sp³-hybridized carbons (Fsp3) is 0.154. The Balaban J connectivity index is 2.31. The van der Waals surface area contributed by atoms with Crippen molar-refractivity contribution in [2.45, 2.75) is 6.92 Å². The molecule has 1 heterocycles. The molecule has 0 radical (unpaired) electrons. The molecule has 0 spiro atoms. The number of anilines is 1. The maximum Gasteiger partial charge on any atom is 0.293 e. The summed E-state index contributed by atoms with van der Waals surface area (Å²) >= 11 is 0. The summed E-state index contributed by atoms with van der Waals surface area (Å²) in [7, 11) is 0. The topological polar surface area (TPSA) is 53.7 Å². The molecule has 0 aliphatic heterocycles. The lowest BCUT2D eigenvalue weighted by molar-refractivity contribution is 0.0961. The van der Waals surface area contributed by atoms with E-state index < -0.39 is 0 Å². The standard InChI is InChI=1S/C13H13NO3/c1-2-14(10-5-3-6-11(15)9-10)13(16)12-7-4-8-17-12/h3-9,15H,2H2,1H3. The molecule has 0 aliphatic rings. The summed E-state index contributed by atoms with van der Waals surface area (Å²) in [4.78, 5) is 13.6. The van der Waals surface area contributed by atoms with Gasteiger partial charge in [0.05, 0.1) is 6.26 Å². The molecule has 0 saturated heterocycles. The minimum atomic E-state index is -0.219. The second-order valence-corrected chi connectivity index (χ2v) is 3.55. The van der Waals surface area contributed by atoms with Gasteiger partial charge in [0.2, 0.25) is 0 Å². The van der Waals surface area contributed by atoms with E-state index in [-0.39, 0.29) is 17.4 Å². The van der Waals surface area contributed by atoms with E-state index in [9.17, 15) is 9.90 Å². The van der Waals surface area contributed by atoms with Gasteiger partial charge in [-0.3, -0.25) is 4.79 Å². The van der Waals surface area contributed by atoms with Gasteiger partial charge in [-0.2, -0.15) is 0 Å². The van der Waals surface area contributed by atoms with E-state index in [1.165, 1.54) is 6.26 Å². The Morgan fingerprint density at radius 2 is 2.18 bits per heavy atom. The average molecular weight is 231 g/mol. The third-order valence-electron chi connectivity index (χ3n) is 2.43. The van der Waals surface area contributed by atoms with Gasteiger partial charge in [0.15, 0.2) is 5.76 Å². The van der Waals surface area contributed by atoms with Crippen molar-refractivity contribution in [3.8, 4) is 5.75 Å². The molecule has 1 amide bonds. The smallest absolute Gasteiger partial charge is 0.293 e. The predicted molar refractivity (Wildman–Crippen MR) is 64.2 cm³/mol. The third kappa shape index (κ3) is 2.30. The van der Waals surface area contributed by atoms with Crippen molar-refractivity contribution in [3.63, 3.8) is 0 Å². The second kappa shape index (κ2) is 4.74. The lowest BCUT2D eigenvalue weighted by atomic mass is 10.2. The van der Waals surface area contributed by atoms with Crippen molar-refractivity contribution >= 4 is 11.6 Å². The van der Waals surface area contributed by atoms with Crippen LogP contribution in [0.4, 0.5) is 5.69 Å². The molecule has 0 unspecified atom stereocenters. The van der Waals surface area contributed by atoms with E-state index in [4.69, 9.17) is 4.42 Å². The highest BCUT2D eigenvalue weighted by Crippen LogP contribution is 2.21. The number of benzene rings is 1. The summed E-state index contributed by atoms with van der Waals surface area (Å²) in [5, 5.41) is 9.41. The molecule has 0 fully saturated rings. The second-order valence-electron chi connectivity index (χ2n) is 3.55. The fourth-order valence-corrected chi connectivity index (χ4v) is 1.64. The molecular formula is C13H13NO3. The molecule has 17 heavy (non-hydrogen) atoms. The van der Waals surface area contributed by atoms with E-state index in [2.05, 4.69) is 0 Å². The number of nitrogens with zero attached hydrogens (tertiary/aromatic N) is 1. The van der Waals surface area contributed by atoms with Crippen molar-refractivity contribution in [2.24, 2.45) is 0 Å². The summed E-state index contributed by atoms with van der Waals surface area (Å²) in [5.74, 6) is 0.200. The summed E-state index contributed by atoms with van der Waals surface area (Å²) in [6.45, 7) is 2.37. The molecular weight excluding hydrogens is 218 g/mol. The SMILES string of the molecule is CCN(C(=O)c1ccco1)c1cccc(O)c1. The molecule has 1 aromatic carbocycles. The van der Waals surface area contributed by atoms with Crippen LogP contribution in [0.1, 0.15) is 17.5 Å². The number of furan rings is 1. The highest BCUT2D eigenvalue weighted by atomic mass is 16.3. The molecule has 0 aliphatic carbocycles. The zero-order chi connectivity index (χ0) is 12.3. The number of aromatic hydroxyl groups is 1. The summed E-state index contributed by atoms with van der Waals surface area (Å²) < 4.78 is 5.08. The number of carbonyl (C=O) groups excluding carboxylic acids is 1. The lowest BCUT2D eigenvalue weighted by Crippen LogP contribution is -2.30. The maximum absolute atomic E-state index is 12.1. The number of rotatable bonds is 3. The normalized spacial score (nSPS) is 10.2. The third-order valence-corrected chi connectivity index (χ3v) is 2.43. The van der Waals surface area contributed by atoms with E-state index >= 15 is 0 Å². The van der Waals surface area contributed by atoms with Crippen molar-refractivity contribution < 1.29 is 14.3 Å². The van der Waals surface area contributed by atoms with Gasteiger partial charge in [0.1, 0.15) is 5.75 Å². The quantitative estimate of drug-likeness (QED) is 0.883. The van der Waals surface area contributed by atoms with Gasteiger partial charge < -0.3 is 14.4 Å². The maximum atomic E-state index is 12.1. The first-order valence-corrected chi connectivity index (χ1v) is 5.36. The lowest BCUT2D eigenvalue weighted by Gasteiger charge is -2.19. The largest absolute Gasteiger partial charge is 0.508 e. The molecule has 1 N–H and O–H groups in total. The van der Waals surface area contributed by atoms with Crippen LogP contribution in [-0.4, -0.2) is 17.6 Å². The Morgan fingerprint density at radius 3 is 2.76 bits per heavy atom. The summed E-state index contributed by atoms with van der Waals surface area (Å²) in [6.07, 6.45) is 1.46. The molecule has 0 bridgehead atoms. The number of phenolic OH excluding ortho intramolecular Hbond substituents is 1. The van der Waals surface area contributed by atoms with Gasteiger partial charge in [-0.1, -0.05) is 6.07 Å². The van der Waals surface area contributed by atoms with Gasteiger partial charge in [0.25, 0.3) is 5.91 Å². The number of phenols is 1. The minimum Gasteiger partial charge on any atom is -0.508 e. The van der Waals surface area contributed by atoms with E-state index in [0.29, 0.717) is 12.2 Å². The molecule has 88 valence electrons. The number of carbonyl (C=O) groups is 1. The van der Waals surface area contributed by atoms with Crippen LogP contribution in [-0.2, 0) is 0 Å². The Labute approximate surface area is 99.1 Å². The van der Waals surface area contributed by atoms with Crippen LogP contribution < -0.4 is 4.90 Å². The van der Waals surface area contributed by atoms with Crippen LogP contribution >= 0.6 is 0 Å². The zero-order valence-electron chi connectivity index (χ0n) is 9.46. The Bertz CT molecular complexity index is 505. The van der Waals surface area contributed by atoms with Gasteiger partial charge >= 0.3 is 0 Å². The number of hydrogen-bond donors (Lipinski definition) is 1. The first kappa shape index (κ1) is 11.3. The van der Waals surface area contributed by atoms with Crippen molar-refractivity contribution in [1.82, 2.24) is 0 Å². The minimum absolute atomic E-state index is 0.133. The predicted octanol–water partition coefficient (Wildman–Crippen LogP) is 2.65. The molecule has 0 saturated carbocycles. The molecule has 4 heteroatoms. The zero-order valence-corrected chi connectivity index (χ0v) is 9.46. The Morgan fingerprint density at radius 1 is 1.35 bits per heavy atom. The Hall–Kier alpha value is -2.23. The van der Waals surface area contributed by atoms with Gasteiger partial charge in [-0.05, 0) is 31.2 Å². The first-order chi connectivity index (χ1) is 8.22. The summed E-state index contributed by atoms with van der Waals surface area (Å²) in [6, 6.07) is 9.86. The van der Waals surface area contributed by atoms with Crippen LogP contribution in [0, 0.1) is 0 Å². The number of amides is 1. The monoisotopic (exact) mass is 231 g/mol. The van der Waals surface area contributed by atoms with Gasteiger partial charge in [-0.15, -0.1) is 0 Å². The van der Waals surface area contributed by atoms with Gasteiger partial charge in [0, 0.05) is 18.3 Å². The molecule has 4 nitrogen and oxygen atoms in total.